The van der Waals surface area contributed by atoms with Crippen molar-refractivity contribution in [3.63, 3.8) is 0 Å². The predicted octanol–water partition coefficient (Wildman–Crippen LogP) is 1.72. The van der Waals surface area contributed by atoms with Gasteiger partial charge in [-0.25, -0.2) is 13.2 Å². The number of carbonyl (C=O) groups is 1. The van der Waals surface area contributed by atoms with Crippen molar-refractivity contribution in [2.45, 2.75) is 17.7 Å². The van der Waals surface area contributed by atoms with Crippen LogP contribution < -0.4 is 0 Å². The van der Waals surface area contributed by atoms with Gasteiger partial charge in [0, 0.05) is 24.7 Å². The maximum absolute atomic E-state index is 12.5. The molecule has 1 saturated heterocycles. The molecule has 0 bridgehead atoms. The fourth-order valence-corrected chi connectivity index (χ4v) is 4.09. The van der Waals surface area contributed by atoms with Crippen molar-refractivity contribution in [1.29, 1.82) is 0 Å². The van der Waals surface area contributed by atoms with E-state index in [9.17, 15) is 18.3 Å². The lowest BCUT2D eigenvalue weighted by Crippen LogP contribution is -2.27. The number of nitrogens with zero attached hydrogens (tertiary/aromatic N) is 2. The fourth-order valence-electron chi connectivity index (χ4n) is 2.55. The number of rotatable bonds is 3. The van der Waals surface area contributed by atoms with Crippen LogP contribution in [-0.2, 0) is 10.0 Å². The Hall–Kier alpha value is -1.99. The summed E-state index contributed by atoms with van der Waals surface area (Å²) in [6, 6.07) is 5.80. The first-order valence-corrected chi connectivity index (χ1v) is 8.06. The molecule has 0 spiro atoms. The SMILES string of the molecule is O=C(O)c1ccnc2ccc(S(=O)(=O)N3CCCC3)cc12. The second-order valence-electron chi connectivity index (χ2n) is 4.95. The van der Waals surface area contributed by atoms with Crippen LogP contribution in [0.2, 0.25) is 0 Å². The molecule has 21 heavy (non-hydrogen) atoms. The van der Waals surface area contributed by atoms with E-state index in [1.54, 1.807) is 6.07 Å². The first kappa shape index (κ1) is 14.0. The molecule has 6 nitrogen and oxygen atoms in total. The van der Waals surface area contributed by atoms with E-state index in [0.717, 1.165) is 12.8 Å². The summed E-state index contributed by atoms with van der Waals surface area (Å²) in [5.74, 6) is -1.10. The first-order chi connectivity index (χ1) is 10.00. The number of pyridine rings is 1. The molecule has 3 rings (SSSR count). The smallest absolute Gasteiger partial charge is 0.336 e. The molecular weight excluding hydrogens is 292 g/mol. The highest BCUT2D eigenvalue weighted by molar-refractivity contribution is 7.89. The molecule has 1 aromatic heterocycles. The fraction of sp³-hybridized carbons (Fsp3) is 0.286. The Bertz CT molecular complexity index is 811. The van der Waals surface area contributed by atoms with Crippen LogP contribution >= 0.6 is 0 Å². The van der Waals surface area contributed by atoms with Crippen molar-refractivity contribution in [3.05, 3.63) is 36.0 Å². The highest BCUT2D eigenvalue weighted by Gasteiger charge is 2.27. The monoisotopic (exact) mass is 306 g/mol. The summed E-state index contributed by atoms with van der Waals surface area (Å²) in [6.45, 7) is 1.03. The van der Waals surface area contributed by atoms with Crippen molar-refractivity contribution in [2.75, 3.05) is 13.1 Å². The molecule has 1 aromatic carbocycles. The van der Waals surface area contributed by atoms with Crippen LogP contribution in [0.15, 0.2) is 35.4 Å². The third kappa shape index (κ3) is 2.38. The molecule has 7 heteroatoms. The number of fused-ring (bicyclic) bond motifs is 1. The van der Waals surface area contributed by atoms with Crippen molar-refractivity contribution < 1.29 is 18.3 Å². The maximum Gasteiger partial charge on any atom is 0.336 e. The van der Waals surface area contributed by atoms with E-state index in [1.165, 1.54) is 28.7 Å². The van der Waals surface area contributed by atoms with Crippen LogP contribution in [0.5, 0.6) is 0 Å². The quantitative estimate of drug-likeness (QED) is 0.933. The number of aromatic carboxylic acids is 1. The number of carboxylic acid groups (broad SMARTS) is 1. The van der Waals surface area contributed by atoms with Gasteiger partial charge in [0.2, 0.25) is 10.0 Å². The lowest BCUT2D eigenvalue weighted by molar-refractivity contribution is 0.0699. The van der Waals surface area contributed by atoms with Gasteiger partial charge in [0.15, 0.2) is 0 Å². The van der Waals surface area contributed by atoms with Crippen molar-refractivity contribution in [1.82, 2.24) is 9.29 Å². The Morgan fingerprint density at radius 2 is 1.90 bits per heavy atom. The summed E-state index contributed by atoms with van der Waals surface area (Å²) in [5, 5.41) is 9.54. The lowest BCUT2D eigenvalue weighted by Gasteiger charge is -2.16. The zero-order chi connectivity index (χ0) is 15.0. The zero-order valence-electron chi connectivity index (χ0n) is 11.2. The summed E-state index contributed by atoms with van der Waals surface area (Å²) in [4.78, 5) is 15.4. The minimum atomic E-state index is -3.56. The third-order valence-corrected chi connectivity index (χ3v) is 5.54. The Morgan fingerprint density at radius 3 is 2.57 bits per heavy atom. The number of carboxylic acids is 1. The molecule has 1 N–H and O–H groups in total. The molecule has 0 aliphatic carbocycles. The van der Waals surface area contributed by atoms with Gasteiger partial charge in [-0.2, -0.15) is 4.31 Å². The molecule has 110 valence electrons. The minimum Gasteiger partial charge on any atom is -0.478 e. The van der Waals surface area contributed by atoms with E-state index in [4.69, 9.17) is 0 Å². The van der Waals surface area contributed by atoms with Gasteiger partial charge >= 0.3 is 5.97 Å². The van der Waals surface area contributed by atoms with E-state index < -0.39 is 16.0 Å². The van der Waals surface area contributed by atoms with Crippen molar-refractivity contribution in [3.8, 4) is 0 Å². The molecular formula is C14H14N2O4S. The summed E-state index contributed by atoms with van der Waals surface area (Å²) in [7, 11) is -3.56. The minimum absolute atomic E-state index is 0.0541. The van der Waals surface area contributed by atoms with Crippen LogP contribution in [-0.4, -0.2) is 41.9 Å². The molecule has 1 aliphatic heterocycles. The number of sulfonamides is 1. The Morgan fingerprint density at radius 1 is 1.19 bits per heavy atom. The average Bonchev–Trinajstić information content (AvgIpc) is 3.00. The normalized spacial score (nSPS) is 16.4. The molecule has 2 aromatic rings. The average molecular weight is 306 g/mol. The van der Waals surface area contributed by atoms with Gasteiger partial charge in [-0.05, 0) is 37.1 Å². The van der Waals surface area contributed by atoms with E-state index in [0.29, 0.717) is 24.0 Å². The van der Waals surface area contributed by atoms with Crippen molar-refractivity contribution in [2.24, 2.45) is 0 Å². The third-order valence-electron chi connectivity index (χ3n) is 3.65. The predicted molar refractivity (Wildman–Crippen MR) is 76.7 cm³/mol. The number of aromatic nitrogens is 1. The molecule has 0 unspecified atom stereocenters. The number of hydrogen-bond donors (Lipinski definition) is 1. The molecule has 0 atom stereocenters. The van der Waals surface area contributed by atoms with Gasteiger partial charge < -0.3 is 5.11 Å². The van der Waals surface area contributed by atoms with Gasteiger partial charge in [0.1, 0.15) is 0 Å². The summed E-state index contributed by atoms with van der Waals surface area (Å²) < 4.78 is 26.5. The van der Waals surface area contributed by atoms with E-state index >= 15 is 0 Å². The molecule has 2 heterocycles. The highest BCUT2D eigenvalue weighted by atomic mass is 32.2. The van der Waals surface area contributed by atoms with Gasteiger partial charge in [-0.15, -0.1) is 0 Å². The molecule has 0 saturated carbocycles. The number of hydrogen-bond acceptors (Lipinski definition) is 4. The zero-order valence-corrected chi connectivity index (χ0v) is 12.0. The molecule has 1 fully saturated rings. The summed E-state index contributed by atoms with van der Waals surface area (Å²) in [5.41, 5.74) is 0.522. The molecule has 1 aliphatic rings. The Kier molecular flexibility index (Phi) is 3.38. The van der Waals surface area contributed by atoms with E-state index in [2.05, 4.69) is 4.98 Å². The second kappa shape index (κ2) is 5.09. The second-order valence-corrected chi connectivity index (χ2v) is 6.89. The van der Waals surface area contributed by atoms with Gasteiger partial charge in [0.05, 0.1) is 16.0 Å². The maximum atomic E-state index is 12.5. The van der Waals surface area contributed by atoms with Crippen LogP contribution in [0.1, 0.15) is 23.2 Å². The van der Waals surface area contributed by atoms with Gasteiger partial charge in [0.25, 0.3) is 0 Å². The van der Waals surface area contributed by atoms with Crippen LogP contribution in [0.4, 0.5) is 0 Å². The highest BCUT2D eigenvalue weighted by Crippen LogP contribution is 2.25. The Labute approximate surface area is 122 Å². The largest absolute Gasteiger partial charge is 0.478 e. The molecule has 0 radical (unpaired) electrons. The van der Waals surface area contributed by atoms with E-state index in [-0.39, 0.29) is 10.5 Å². The lowest BCUT2D eigenvalue weighted by atomic mass is 10.1. The first-order valence-electron chi connectivity index (χ1n) is 6.62. The van der Waals surface area contributed by atoms with Crippen molar-refractivity contribution >= 4 is 26.9 Å². The Balaban J connectivity index is 2.16. The number of benzene rings is 1. The van der Waals surface area contributed by atoms with Gasteiger partial charge in [-0.1, -0.05) is 0 Å². The summed E-state index contributed by atoms with van der Waals surface area (Å²) >= 11 is 0. The van der Waals surface area contributed by atoms with Crippen LogP contribution in [0.3, 0.4) is 0 Å². The van der Waals surface area contributed by atoms with Crippen LogP contribution in [0, 0.1) is 0 Å². The topological polar surface area (TPSA) is 87.6 Å². The standard InChI is InChI=1S/C14H14N2O4S/c17-14(18)11-5-6-15-13-4-3-10(9-12(11)13)21(19,20)16-7-1-2-8-16/h3-6,9H,1-2,7-8H2,(H,17,18). The summed E-state index contributed by atoms with van der Waals surface area (Å²) in [6.07, 6.45) is 3.11. The molecule has 0 amide bonds. The van der Waals surface area contributed by atoms with Gasteiger partial charge in [-0.3, -0.25) is 4.98 Å². The van der Waals surface area contributed by atoms with Crippen LogP contribution in [0.25, 0.3) is 10.9 Å². The van der Waals surface area contributed by atoms with E-state index in [1.807, 2.05) is 0 Å².